The maximum absolute atomic E-state index is 12.6. The lowest BCUT2D eigenvalue weighted by molar-refractivity contribution is -0.140. The van der Waals surface area contributed by atoms with Crippen molar-refractivity contribution >= 4 is 40.7 Å². The van der Waals surface area contributed by atoms with Gasteiger partial charge in [0.2, 0.25) is 17.7 Å². The van der Waals surface area contributed by atoms with Crippen molar-refractivity contribution in [2.75, 3.05) is 29.9 Å². The molecule has 2 saturated heterocycles. The Balaban J connectivity index is 1.39. The largest absolute Gasteiger partial charge is 0.370 e. The van der Waals surface area contributed by atoms with Gasteiger partial charge in [0.15, 0.2) is 0 Å². The number of likely N-dealkylation sites (tertiary alicyclic amines) is 1. The molecule has 1 saturated carbocycles. The smallest absolute Gasteiger partial charge is 0.233 e. The van der Waals surface area contributed by atoms with Crippen LogP contribution < -0.4 is 10.2 Å². The second-order valence-corrected chi connectivity index (χ2v) is 8.77. The van der Waals surface area contributed by atoms with Crippen LogP contribution in [0, 0.1) is 11.8 Å². The number of amides is 3. The van der Waals surface area contributed by atoms with E-state index >= 15 is 0 Å². The number of nitrogens with zero attached hydrogens (tertiary/aromatic N) is 2. The van der Waals surface area contributed by atoms with Crippen LogP contribution in [0.4, 0.5) is 11.4 Å². The minimum absolute atomic E-state index is 0.0933. The number of piperidine rings is 1. The third-order valence-electron chi connectivity index (χ3n) is 6.42. The lowest BCUT2D eigenvalue weighted by Gasteiger charge is -2.30. The highest BCUT2D eigenvalue weighted by Gasteiger charge is 2.47. The summed E-state index contributed by atoms with van der Waals surface area (Å²) in [4.78, 5) is 41.4. The van der Waals surface area contributed by atoms with E-state index in [4.69, 9.17) is 11.6 Å². The third-order valence-corrected chi connectivity index (χ3v) is 6.66. The number of hydrogen-bond acceptors (Lipinski definition) is 4. The zero-order chi connectivity index (χ0) is 20.4. The van der Waals surface area contributed by atoms with Gasteiger partial charge >= 0.3 is 0 Å². The maximum atomic E-state index is 12.6. The number of fused-ring (bicyclic) bond motifs is 1. The van der Waals surface area contributed by atoms with Crippen LogP contribution in [0.15, 0.2) is 18.2 Å². The molecular formula is C22H28ClN3O3. The Kier molecular flexibility index (Phi) is 6.09. The molecule has 1 N–H and O–H groups in total. The minimum Gasteiger partial charge on any atom is -0.370 e. The van der Waals surface area contributed by atoms with Crippen LogP contribution in [-0.4, -0.2) is 42.3 Å². The predicted molar refractivity (Wildman–Crippen MR) is 113 cm³/mol. The monoisotopic (exact) mass is 417 g/mol. The summed E-state index contributed by atoms with van der Waals surface area (Å²) in [7, 11) is 0. The van der Waals surface area contributed by atoms with E-state index in [-0.39, 0.29) is 42.5 Å². The van der Waals surface area contributed by atoms with Gasteiger partial charge in [-0.2, -0.15) is 0 Å². The second-order valence-electron chi connectivity index (χ2n) is 8.33. The molecule has 0 unspecified atom stereocenters. The minimum atomic E-state index is -0.207. The van der Waals surface area contributed by atoms with Crippen molar-refractivity contribution in [3.8, 4) is 0 Å². The molecule has 3 fully saturated rings. The molecule has 0 aromatic heterocycles. The fraction of sp³-hybridized carbons (Fsp3) is 0.591. The lowest BCUT2D eigenvalue weighted by atomic mass is 9.81. The number of carbonyl (C=O) groups is 3. The van der Waals surface area contributed by atoms with Crippen molar-refractivity contribution in [2.45, 2.75) is 51.4 Å². The van der Waals surface area contributed by atoms with Crippen molar-refractivity contribution in [3.05, 3.63) is 23.2 Å². The zero-order valence-corrected chi connectivity index (χ0v) is 17.4. The Hall–Kier alpha value is -2.08. The van der Waals surface area contributed by atoms with Crippen molar-refractivity contribution in [1.29, 1.82) is 0 Å². The van der Waals surface area contributed by atoms with Gasteiger partial charge in [-0.15, -0.1) is 0 Å². The van der Waals surface area contributed by atoms with E-state index in [0.29, 0.717) is 10.7 Å². The third kappa shape index (κ3) is 4.27. The van der Waals surface area contributed by atoms with Crippen LogP contribution >= 0.6 is 11.6 Å². The molecule has 29 heavy (non-hydrogen) atoms. The summed E-state index contributed by atoms with van der Waals surface area (Å²) in [6.07, 6.45) is 7.19. The van der Waals surface area contributed by atoms with Gasteiger partial charge < -0.3 is 10.2 Å². The summed E-state index contributed by atoms with van der Waals surface area (Å²) in [5, 5.41) is 3.52. The number of hydrogen-bond donors (Lipinski definition) is 1. The summed E-state index contributed by atoms with van der Waals surface area (Å²) < 4.78 is 0. The normalized spacial score (nSPS) is 24.6. The Labute approximate surface area is 176 Å². The van der Waals surface area contributed by atoms with E-state index in [1.165, 1.54) is 11.3 Å². The van der Waals surface area contributed by atoms with E-state index in [2.05, 4.69) is 10.2 Å². The molecule has 2 aliphatic heterocycles. The average molecular weight is 418 g/mol. The Morgan fingerprint density at radius 1 is 1.00 bits per heavy atom. The van der Waals surface area contributed by atoms with Gasteiger partial charge in [0.1, 0.15) is 0 Å². The number of imide groups is 1. The molecule has 156 valence electrons. The summed E-state index contributed by atoms with van der Waals surface area (Å²) in [5.74, 6) is -0.731. The van der Waals surface area contributed by atoms with Crippen LogP contribution in [-0.2, 0) is 14.4 Å². The molecule has 7 heteroatoms. The van der Waals surface area contributed by atoms with Gasteiger partial charge in [-0.25, -0.2) is 0 Å². The maximum Gasteiger partial charge on any atom is 0.233 e. The standard InChI is InChI=1S/C22H28ClN3O3/c23-15-8-9-19(25-11-4-1-5-12-25)18(14-15)24-20(27)10-13-26-21(28)16-6-2-3-7-17(16)22(26)29/h8-9,14,16-17H,1-7,10-13H2,(H,24,27)/t16-,17-/m1/s1. The van der Waals surface area contributed by atoms with Gasteiger partial charge in [-0.3, -0.25) is 19.3 Å². The molecule has 1 aromatic carbocycles. The molecule has 0 spiro atoms. The predicted octanol–water partition coefficient (Wildman–Crippen LogP) is 3.83. The first kappa shape index (κ1) is 20.2. The van der Waals surface area contributed by atoms with Crippen molar-refractivity contribution in [2.24, 2.45) is 11.8 Å². The molecular weight excluding hydrogens is 390 g/mol. The Morgan fingerprint density at radius 2 is 1.66 bits per heavy atom. The summed E-state index contributed by atoms with van der Waals surface area (Å²) in [6, 6.07) is 5.55. The van der Waals surface area contributed by atoms with Crippen molar-refractivity contribution in [1.82, 2.24) is 4.90 Å². The van der Waals surface area contributed by atoms with Gasteiger partial charge in [0.25, 0.3) is 0 Å². The van der Waals surface area contributed by atoms with Gasteiger partial charge in [-0.1, -0.05) is 24.4 Å². The number of anilines is 2. The Morgan fingerprint density at radius 3 is 2.31 bits per heavy atom. The number of halogens is 1. The highest BCUT2D eigenvalue weighted by atomic mass is 35.5. The summed E-state index contributed by atoms with van der Waals surface area (Å²) in [5.41, 5.74) is 1.67. The van der Waals surface area contributed by atoms with Crippen molar-refractivity contribution < 1.29 is 14.4 Å². The highest BCUT2D eigenvalue weighted by Crippen LogP contribution is 2.38. The quantitative estimate of drug-likeness (QED) is 0.739. The fourth-order valence-electron chi connectivity index (χ4n) is 4.90. The van der Waals surface area contributed by atoms with E-state index in [0.717, 1.165) is 57.3 Å². The molecule has 0 bridgehead atoms. The fourth-order valence-corrected chi connectivity index (χ4v) is 5.07. The molecule has 1 aromatic rings. The second kappa shape index (κ2) is 8.74. The first-order chi connectivity index (χ1) is 14.0. The molecule has 3 amide bonds. The van der Waals surface area contributed by atoms with Crippen LogP contribution in [0.5, 0.6) is 0 Å². The highest BCUT2D eigenvalue weighted by molar-refractivity contribution is 6.31. The SMILES string of the molecule is O=C(CCN1C(=O)[C@@H]2CCCC[C@H]2C1=O)Nc1cc(Cl)ccc1N1CCCCC1. The number of rotatable bonds is 5. The Bertz CT molecular complexity index is 782. The number of benzene rings is 1. The van der Waals surface area contributed by atoms with Crippen LogP contribution in [0.25, 0.3) is 0 Å². The van der Waals surface area contributed by atoms with Gasteiger partial charge in [0, 0.05) is 31.1 Å². The van der Waals surface area contributed by atoms with E-state index in [1.54, 1.807) is 6.07 Å². The number of carbonyl (C=O) groups excluding carboxylic acids is 3. The lowest BCUT2D eigenvalue weighted by Crippen LogP contribution is -2.34. The molecule has 2 atom stereocenters. The number of nitrogens with one attached hydrogen (secondary N) is 1. The summed E-state index contributed by atoms with van der Waals surface area (Å²) in [6.45, 7) is 2.07. The average Bonchev–Trinajstić information content (AvgIpc) is 2.98. The zero-order valence-electron chi connectivity index (χ0n) is 16.7. The first-order valence-electron chi connectivity index (χ1n) is 10.7. The van der Waals surface area contributed by atoms with Crippen LogP contribution in [0.2, 0.25) is 5.02 Å². The molecule has 3 aliphatic rings. The van der Waals surface area contributed by atoms with Gasteiger partial charge in [-0.05, 0) is 50.3 Å². The molecule has 4 rings (SSSR count). The van der Waals surface area contributed by atoms with Crippen LogP contribution in [0.3, 0.4) is 0 Å². The van der Waals surface area contributed by atoms with E-state index in [1.807, 2.05) is 12.1 Å². The van der Waals surface area contributed by atoms with E-state index in [9.17, 15) is 14.4 Å². The van der Waals surface area contributed by atoms with Crippen molar-refractivity contribution in [3.63, 3.8) is 0 Å². The molecule has 0 radical (unpaired) electrons. The van der Waals surface area contributed by atoms with E-state index < -0.39 is 0 Å². The van der Waals surface area contributed by atoms with Crippen LogP contribution in [0.1, 0.15) is 51.4 Å². The molecule has 1 aliphatic carbocycles. The molecule has 2 heterocycles. The van der Waals surface area contributed by atoms with Gasteiger partial charge in [0.05, 0.1) is 23.2 Å². The topological polar surface area (TPSA) is 69.7 Å². The first-order valence-corrected chi connectivity index (χ1v) is 11.1. The molecule has 6 nitrogen and oxygen atoms in total. The summed E-state index contributed by atoms with van der Waals surface area (Å²) >= 11 is 6.16.